The molecule has 140 valence electrons. The number of nitrogens with zero attached hydrogens (tertiary/aromatic N) is 4. The fourth-order valence-corrected chi connectivity index (χ4v) is 3.41. The lowest BCUT2D eigenvalue weighted by molar-refractivity contribution is 0.0777. The van der Waals surface area contributed by atoms with Gasteiger partial charge in [0, 0.05) is 55.5 Å². The number of H-pyrrole nitrogens is 2. The third-order valence-electron chi connectivity index (χ3n) is 4.93. The first-order chi connectivity index (χ1) is 13.0. The van der Waals surface area contributed by atoms with Crippen molar-refractivity contribution in [1.29, 1.82) is 0 Å². The van der Waals surface area contributed by atoms with Crippen LogP contribution in [0.25, 0.3) is 11.3 Å². The Bertz CT molecular complexity index is 961. The largest absolute Gasteiger partial charge is 0.336 e. The van der Waals surface area contributed by atoms with E-state index in [1.807, 2.05) is 7.05 Å². The third kappa shape index (κ3) is 3.35. The number of hydrogen-bond donors (Lipinski definition) is 2. The summed E-state index contributed by atoms with van der Waals surface area (Å²) in [6.07, 6.45) is 2.56. The molecule has 8 heteroatoms. The normalized spacial score (nSPS) is 14.2. The zero-order chi connectivity index (χ0) is 19.0. The number of carbonyl (C=O) groups is 1. The zero-order valence-electron chi connectivity index (χ0n) is 15.3. The van der Waals surface area contributed by atoms with Crippen molar-refractivity contribution in [3.8, 4) is 11.3 Å². The summed E-state index contributed by atoms with van der Waals surface area (Å²) in [5, 5.41) is 14.3. The summed E-state index contributed by atoms with van der Waals surface area (Å²) in [7, 11) is 3.78. The highest BCUT2D eigenvalue weighted by molar-refractivity contribution is 5.94. The summed E-state index contributed by atoms with van der Waals surface area (Å²) in [6.45, 7) is 2.04. The van der Waals surface area contributed by atoms with Gasteiger partial charge in [-0.15, -0.1) is 0 Å². The molecular formula is C19H21FN6O. The number of amides is 1. The molecule has 0 fully saturated rings. The van der Waals surface area contributed by atoms with Crippen LogP contribution in [0, 0.1) is 5.82 Å². The van der Waals surface area contributed by atoms with Crippen LogP contribution >= 0.6 is 0 Å². The van der Waals surface area contributed by atoms with Crippen molar-refractivity contribution in [3.05, 3.63) is 58.8 Å². The molecule has 4 rings (SSSR count). The minimum atomic E-state index is -0.291. The standard InChI is InChI=1S/C19H21FN6O/c1-25-8-7-16-15(11-25)18(24-22-16)19(27)26(2)10-13-9-21-23-17(13)12-3-5-14(20)6-4-12/h3-6,9H,7-8,10-11H2,1-2H3,(H,21,23)(H,22,24). The highest BCUT2D eigenvalue weighted by Gasteiger charge is 2.26. The summed E-state index contributed by atoms with van der Waals surface area (Å²) in [5.41, 5.74) is 4.96. The van der Waals surface area contributed by atoms with E-state index in [1.165, 1.54) is 12.1 Å². The SMILES string of the molecule is CN1CCc2[nH]nc(C(=O)N(C)Cc3cn[nH]c3-c3ccc(F)cc3)c2C1. The lowest BCUT2D eigenvalue weighted by atomic mass is 10.0. The van der Waals surface area contributed by atoms with Gasteiger partial charge in [0.25, 0.3) is 5.91 Å². The summed E-state index contributed by atoms with van der Waals surface area (Å²) in [4.78, 5) is 16.8. The molecule has 0 saturated carbocycles. The summed E-state index contributed by atoms with van der Waals surface area (Å²) in [5.74, 6) is -0.422. The van der Waals surface area contributed by atoms with Gasteiger partial charge in [0.15, 0.2) is 5.69 Å². The number of nitrogens with one attached hydrogen (secondary N) is 2. The Labute approximate surface area is 156 Å². The maximum atomic E-state index is 13.2. The van der Waals surface area contributed by atoms with Crippen LogP contribution in [0.5, 0.6) is 0 Å². The third-order valence-corrected chi connectivity index (χ3v) is 4.93. The van der Waals surface area contributed by atoms with Crippen LogP contribution in [0.1, 0.15) is 27.3 Å². The quantitative estimate of drug-likeness (QED) is 0.740. The summed E-state index contributed by atoms with van der Waals surface area (Å²) in [6, 6.07) is 6.19. The molecule has 7 nitrogen and oxygen atoms in total. The van der Waals surface area contributed by atoms with Gasteiger partial charge in [-0.3, -0.25) is 15.0 Å². The van der Waals surface area contributed by atoms with Crippen LogP contribution in [0.15, 0.2) is 30.5 Å². The molecule has 27 heavy (non-hydrogen) atoms. The van der Waals surface area contributed by atoms with Gasteiger partial charge in [-0.05, 0) is 31.3 Å². The Balaban J connectivity index is 1.54. The molecule has 3 heterocycles. The van der Waals surface area contributed by atoms with Crippen LogP contribution in [-0.2, 0) is 19.5 Å². The Morgan fingerprint density at radius 3 is 2.85 bits per heavy atom. The second kappa shape index (κ2) is 6.96. The minimum Gasteiger partial charge on any atom is -0.336 e. The second-order valence-electron chi connectivity index (χ2n) is 6.96. The lowest BCUT2D eigenvalue weighted by Crippen LogP contribution is -2.30. The Kier molecular flexibility index (Phi) is 4.49. The molecule has 1 aliphatic heterocycles. The first kappa shape index (κ1) is 17.4. The molecule has 0 bridgehead atoms. The van der Waals surface area contributed by atoms with Crippen molar-refractivity contribution in [2.24, 2.45) is 0 Å². The van der Waals surface area contributed by atoms with Gasteiger partial charge in [-0.25, -0.2) is 4.39 Å². The molecule has 2 N–H and O–H groups in total. The van der Waals surface area contributed by atoms with E-state index in [9.17, 15) is 9.18 Å². The molecule has 0 aliphatic carbocycles. The molecule has 3 aromatic rings. The van der Waals surface area contributed by atoms with Gasteiger partial charge in [-0.1, -0.05) is 0 Å². The Morgan fingerprint density at radius 2 is 2.07 bits per heavy atom. The Hall–Kier alpha value is -3.00. The van der Waals surface area contributed by atoms with Gasteiger partial charge >= 0.3 is 0 Å². The fourth-order valence-electron chi connectivity index (χ4n) is 3.41. The fraction of sp³-hybridized carbons (Fsp3) is 0.316. The number of rotatable bonds is 4. The van der Waals surface area contributed by atoms with E-state index in [4.69, 9.17) is 0 Å². The van der Waals surface area contributed by atoms with Gasteiger partial charge in [-0.2, -0.15) is 10.2 Å². The highest BCUT2D eigenvalue weighted by Crippen LogP contribution is 2.24. The smallest absolute Gasteiger partial charge is 0.274 e. The molecule has 0 saturated heterocycles. The van der Waals surface area contributed by atoms with Crippen molar-refractivity contribution in [1.82, 2.24) is 30.2 Å². The maximum absolute atomic E-state index is 13.2. The average Bonchev–Trinajstić information content (AvgIpc) is 3.28. The number of benzene rings is 1. The number of carbonyl (C=O) groups excluding carboxylic acids is 1. The van der Waals surface area contributed by atoms with Crippen LogP contribution in [0.2, 0.25) is 0 Å². The number of aromatic nitrogens is 4. The van der Waals surface area contributed by atoms with Crippen LogP contribution in [0.3, 0.4) is 0 Å². The molecule has 0 radical (unpaired) electrons. The maximum Gasteiger partial charge on any atom is 0.274 e. The molecule has 0 spiro atoms. The molecule has 0 atom stereocenters. The number of likely N-dealkylation sites (N-methyl/N-ethyl adjacent to an activating group) is 1. The molecule has 0 unspecified atom stereocenters. The van der Waals surface area contributed by atoms with Crippen LogP contribution in [-0.4, -0.2) is 56.7 Å². The van der Waals surface area contributed by atoms with Gasteiger partial charge < -0.3 is 9.80 Å². The van der Waals surface area contributed by atoms with Gasteiger partial charge in [0.05, 0.1) is 11.9 Å². The molecular weight excluding hydrogens is 347 g/mol. The predicted octanol–water partition coefficient (Wildman–Crippen LogP) is 2.20. The number of aromatic amines is 2. The minimum absolute atomic E-state index is 0.131. The van der Waals surface area contributed by atoms with E-state index in [1.54, 1.807) is 30.3 Å². The van der Waals surface area contributed by atoms with E-state index in [2.05, 4.69) is 25.3 Å². The topological polar surface area (TPSA) is 80.9 Å². The van der Waals surface area contributed by atoms with E-state index < -0.39 is 0 Å². The van der Waals surface area contributed by atoms with E-state index in [-0.39, 0.29) is 11.7 Å². The van der Waals surface area contributed by atoms with Crippen LogP contribution in [0.4, 0.5) is 4.39 Å². The zero-order valence-corrected chi connectivity index (χ0v) is 15.3. The number of hydrogen-bond acceptors (Lipinski definition) is 4. The van der Waals surface area contributed by atoms with Crippen molar-refractivity contribution in [2.75, 3.05) is 20.6 Å². The average molecular weight is 368 g/mol. The first-order valence-electron chi connectivity index (χ1n) is 8.81. The van der Waals surface area contributed by atoms with Gasteiger partial charge in [0.2, 0.25) is 0 Å². The second-order valence-corrected chi connectivity index (χ2v) is 6.96. The highest BCUT2D eigenvalue weighted by atomic mass is 19.1. The lowest BCUT2D eigenvalue weighted by Gasteiger charge is -2.23. The van der Waals surface area contributed by atoms with Crippen molar-refractivity contribution < 1.29 is 9.18 Å². The van der Waals surface area contributed by atoms with E-state index in [0.29, 0.717) is 18.8 Å². The Morgan fingerprint density at radius 1 is 1.30 bits per heavy atom. The first-order valence-corrected chi connectivity index (χ1v) is 8.81. The van der Waals surface area contributed by atoms with E-state index in [0.717, 1.165) is 41.0 Å². The molecule has 2 aromatic heterocycles. The van der Waals surface area contributed by atoms with Crippen molar-refractivity contribution >= 4 is 5.91 Å². The van der Waals surface area contributed by atoms with Crippen LogP contribution < -0.4 is 0 Å². The van der Waals surface area contributed by atoms with Crippen molar-refractivity contribution in [2.45, 2.75) is 19.5 Å². The predicted molar refractivity (Wildman–Crippen MR) is 98.4 cm³/mol. The molecule has 1 aromatic carbocycles. The number of fused-ring (bicyclic) bond motifs is 1. The summed E-state index contributed by atoms with van der Waals surface area (Å²) >= 11 is 0. The van der Waals surface area contributed by atoms with Gasteiger partial charge in [0.1, 0.15) is 5.82 Å². The number of halogens is 1. The van der Waals surface area contributed by atoms with E-state index >= 15 is 0 Å². The monoisotopic (exact) mass is 368 g/mol. The molecule has 1 amide bonds. The molecule has 1 aliphatic rings. The summed E-state index contributed by atoms with van der Waals surface area (Å²) < 4.78 is 13.2. The van der Waals surface area contributed by atoms with Crippen molar-refractivity contribution in [3.63, 3.8) is 0 Å².